The zero-order valence-electron chi connectivity index (χ0n) is 10.1. The first-order chi connectivity index (χ1) is 6.96. The highest BCUT2D eigenvalue weighted by molar-refractivity contribution is 7.99. The van der Waals surface area contributed by atoms with Crippen molar-refractivity contribution >= 4 is 17.7 Å². The molecule has 0 atom stereocenters. The molecular weight excluding hydrogens is 208 g/mol. The molecule has 86 valence electrons. The molecule has 15 heavy (non-hydrogen) atoms. The lowest BCUT2D eigenvalue weighted by Gasteiger charge is -2.31. The standard InChI is InChI=1S/C12H20O2S/c1-5-14-11(13)9(2)10-6-12(3,4)8-15-7-10/h5-8H2,1-4H3. The number of rotatable bonds is 2. The lowest BCUT2D eigenvalue weighted by atomic mass is 9.86. The summed E-state index contributed by atoms with van der Waals surface area (Å²) in [6, 6.07) is 0. The van der Waals surface area contributed by atoms with Gasteiger partial charge in [-0.05, 0) is 37.0 Å². The van der Waals surface area contributed by atoms with Gasteiger partial charge in [0.05, 0.1) is 6.61 Å². The van der Waals surface area contributed by atoms with E-state index in [2.05, 4.69) is 13.8 Å². The van der Waals surface area contributed by atoms with Crippen molar-refractivity contribution in [1.29, 1.82) is 0 Å². The Morgan fingerprint density at radius 3 is 2.73 bits per heavy atom. The van der Waals surface area contributed by atoms with Crippen LogP contribution in [-0.2, 0) is 9.53 Å². The Bertz CT molecular complexity index is 279. The summed E-state index contributed by atoms with van der Waals surface area (Å²) in [6.07, 6.45) is 1.02. The molecule has 0 unspecified atom stereocenters. The SMILES string of the molecule is CCOC(=O)C(C)=C1CSCC(C)(C)C1. The second-order valence-corrected chi connectivity index (χ2v) is 5.77. The van der Waals surface area contributed by atoms with Crippen molar-refractivity contribution in [2.75, 3.05) is 18.1 Å². The van der Waals surface area contributed by atoms with E-state index in [1.807, 2.05) is 25.6 Å². The monoisotopic (exact) mass is 228 g/mol. The molecule has 1 aliphatic rings. The van der Waals surface area contributed by atoms with Crippen LogP contribution in [0.15, 0.2) is 11.1 Å². The molecule has 0 spiro atoms. The Hall–Kier alpha value is -0.440. The van der Waals surface area contributed by atoms with E-state index in [0.717, 1.165) is 17.7 Å². The fraction of sp³-hybridized carbons (Fsp3) is 0.750. The predicted molar refractivity (Wildman–Crippen MR) is 65.1 cm³/mol. The van der Waals surface area contributed by atoms with Gasteiger partial charge in [0.15, 0.2) is 0 Å². The Kier molecular flexibility index (Phi) is 4.26. The van der Waals surface area contributed by atoms with Crippen molar-refractivity contribution in [1.82, 2.24) is 0 Å². The summed E-state index contributed by atoms with van der Waals surface area (Å²) >= 11 is 1.91. The first kappa shape index (κ1) is 12.6. The predicted octanol–water partition coefficient (Wildman–Crippen LogP) is 3.03. The number of carbonyl (C=O) groups is 1. The molecule has 3 heteroatoms. The van der Waals surface area contributed by atoms with Gasteiger partial charge in [-0.3, -0.25) is 0 Å². The molecule has 1 fully saturated rings. The molecule has 0 radical (unpaired) electrons. The van der Waals surface area contributed by atoms with Crippen molar-refractivity contribution < 1.29 is 9.53 Å². The van der Waals surface area contributed by atoms with Gasteiger partial charge in [-0.1, -0.05) is 13.8 Å². The van der Waals surface area contributed by atoms with Crippen LogP contribution in [0.25, 0.3) is 0 Å². The molecule has 1 aliphatic heterocycles. The molecule has 0 aromatic heterocycles. The van der Waals surface area contributed by atoms with E-state index < -0.39 is 0 Å². The van der Waals surface area contributed by atoms with Crippen molar-refractivity contribution in [3.8, 4) is 0 Å². The van der Waals surface area contributed by atoms with Crippen LogP contribution in [0.1, 0.15) is 34.1 Å². The minimum Gasteiger partial charge on any atom is -0.463 e. The van der Waals surface area contributed by atoms with Crippen molar-refractivity contribution in [2.45, 2.75) is 34.1 Å². The number of thioether (sulfide) groups is 1. The molecule has 1 saturated heterocycles. The summed E-state index contributed by atoms with van der Waals surface area (Å²) in [4.78, 5) is 11.6. The third-order valence-electron chi connectivity index (χ3n) is 2.57. The molecule has 1 rings (SSSR count). The van der Waals surface area contributed by atoms with Crippen LogP contribution in [0.3, 0.4) is 0 Å². The molecule has 0 N–H and O–H groups in total. The molecule has 0 bridgehead atoms. The summed E-state index contributed by atoms with van der Waals surface area (Å²) in [7, 11) is 0. The van der Waals surface area contributed by atoms with Crippen molar-refractivity contribution in [2.24, 2.45) is 5.41 Å². The largest absolute Gasteiger partial charge is 0.463 e. The summed E-state index contributed by atoms with van der Waals surface area (Å²) in [6.45, 7) is 8.68. The third-order valence-corrected chi connectivity index (χ3v) is 4.11. The topological polar surface area (TPSA) is 26.3 Å². The van der Waals surface area contributed by atoms with Crippen LogP contribution in [0.2, 0.25) is 0 Å². The van der Waals surface area contributed by atoms with Gasteiger partial charge in [-0.2, -0.15) is 11.8 Å². The second kappa shape index (κ2) is 5.06. The highest BCUT2D eigenvalue weighted by atomic mass is 32.2. The van der Waals surface area contributed by atoms with Gasteiger partial charge in [0, 0.05) is 11.3 Å². The van der Waals surface area contributed by atoms with Crippen LogP contribution in [0.5, 0.6) is 0 Å². The Labute approximate surface area is 96.5 Å². The van der Waals surface area contributed by atoms with E-state index in [4.69, 9.17) is 4.74 Å². The number of ether oxygens (including phenoxy) is 1. The first-order valence-corrected chi connectivity index (χ1v) is 6.55. The summed E-state index contributed by atoms with van der Waals surface area (Å²) < 4.78 is 5.02. The lowest BCUT2D eigenvalue weighted by molar-refractivity contribution is -0.138. The van der Waals surface area contributed by atoms with Gasteiger partial charge in [0.1, 0.15) is 0 Å². The molecule has 0 aromatic rings. The molecule has 2 nitrogen and oxygen atoms in total. The number of hydrogen-bond acceptors (Lipinski definition) is 3. The average Bonchev–Trinajstić information content (AvgIpc) is 2.15. The van der Waals surface area contributed by atoms with E-state index >= 15 is 0 Å². The normalized spacial score (nSPS) is 23.5. The van der Waals surface area contributed by atoms with Gasteiger partial charge in [-0.15, -0.1) is 0 Å². The Morgan fingerprint density at radius 2 is 2.20 bits per heavy atom. The molecule has 0 aliphatic carbocycles. The smallest absolute Gasteiger partial charge is 0.333 e. The number of carbonyl (C=O) groups excluding carboxylic acids is 1. The van der Waals surface area contributed by atoms with Gasteiger partial charge < -0.3 is 4.74 Å². The highest BCUT2D eigenvalue weighted by Gasteiger charge is 2.27. The van der Waals surface area contributed by atoms with Crippen LogP contribution in [-0.4, -0.2) is 24.1 Å². The molecule has 0 amide bonds. The van der Waals surface area contributed by atoms with E-state index in [1.165, 1.54) is 11.3 Å². The second-order valence-electron chi connectivity index (χ2n) is 4.78. The first-order valence-electron chi connectivity index (χ1n) is 5.40. The van der Waals surface area contributed by atoms with Crippen LogP contribution >= 0.6 is 11.8 Å². The molecule has 0 saturated carbocycles. The Morgan fingerprint density at radius 1 is 1.53 bits per heavy atom. The summed E-state index contributed by atoms with van der Waals surface area (Å²) in [5.74, 6) is 2.01. The van der Waals surface area contributed by atoms with Gasteiger partial charge in [0.2, 0.25) is 0 Å². The maximum absolute atomic E-state index is 11.6. The molecular formula is C12H20O2S. The summed E-state index contributed by atoms with van der Waals surface area (Å²) in [5, 5.41) is 0. The van der Waals surface area contributed by atoms with E-state index in [1.54, 1.807) is 0 Å². The average molecular weight is 228 g/mol. The minimum atomic E-state index is -0.147. The minimum absolute atomic E-state index is 0.147. The fourth-order valence-corrected chi connectivity index (χ4v) is 3.08. The Balaban J connectivity index is 2.75. The van der Waals surface area contributed by atoms with E-state index in [9.17, 15) is 4.79 Å². The molecule has 0 aromatic carbocycles. The van der Waals surface area contributed by atoms with E-state index in [0.29, 0.717) is 12.0 Å². The zero-order valence-corrected chi connectivity index (χ0v) is 10.9. The zero-order chi connectivity index (χ0) is 11.5. The van der Waals surface area contributed by atoms with Crippen molar-refractivity contribution in [3.05, 3.63) is 11.1 Å². The fourth-order valence-electron chi connectivity index (χ4n) is 1.75. The highest BCUT2D eigenvalue weighted by Crippen LogP contribution is 2.37. The third kappa shape index (κ3) is 3.56. The van der Waals surface area contributed by atoms with Crippen LogP contribution in [0, 0.1) is 5.41 Å². The van der Waals surface area contributed by atoms with Gasteiger partial charge >= 0.3 is 5.97 Å². The maximum atomic E-state index is 11.6. The van der Waals surface area contributed by atoms with Gasteiger partial charge in [0.25, 0.3) is 0 Å². The summed E-state index contributed by atoms with van der Waals surface area (Å²) in [5.41, 5.74) is 2.39. The number of esters is 1. The van der Waals surface area contributed by atoms with Gasteiger partial charge in [-0.25, -0.2) is 4.79 Å². The number of hydrogen-bond donors (Lipinski definition) is 0. The molecule has 1 heterocycles. The van der Waals surface area contributed by atoms with Crippen molar-refractivity contribution in [3.63, 3.8) is 0 Å². The quantitative estimate of drug-likeness (QED) is 0.537. The maximum Gasteiger partial charge on any atom is 0.333 e. The van der Waals surface area contributed by atoms with Crippen LogP contribution in [0.4, 0.5) is 0 Å². The van der Waals surface area contributed by atoms with Crippen LogP contribution < -0.4 is 0 Å². The lowest BCUT2D eigenvalue weighted by Crippen LogP contribution is -2.23. The van der Waals surface area contributed by atoms with E-state index in [-0.39, 0.29) is 5.97 Å².